The maximum absolute atomic E-state index is 5.91. The summed E-state index contributed by atoms with van der Waals surface area (Å²) in [5.41, 5.74) is 1.30. The lowest BCUT2D eigenvalue weighted by Gasteiger charge is -2.31. The Kier molecular flexibility index (Phi) is 7.04. The topological polar surface area (TPSA) is 30.5 Å². The molecule has 1 aromatic rings. The van der Waals surface area contributed by atoms with E-state index in [0.717, 1.165) is 24.6 Å². The molecule has 0 radical (unpaired) electrons. The van der Waals surface area contributed by atoms with Crippen LogP contribution in [0.15, 0.2) is 24.3 Å². The second-order valence-electron chi connectivity index (χ2n) is 5.92. The molecule has 1 aliphatic carbocycles. The Morgan fingerprint density at radius 2 is 2.05 bits per heavy atom. The molecule has 1 unspecified atom stereocenters. The van der Waals surface area contributed by atoms with Crippen LogP contribution in [0.3, 0.4) is 0 Å². The highest BCUT2D eigenvalue weighted by molar-refractivity contribution is 5.36. The molecule has 1 aliphatic rings. The highest BCUT2D eigenvalue weighted by Gasteiger charge is 2.24. The molecule has 2 rings (SSSR count). The summed E-state index contributed by atoms with van der Waals surface area (Å²) in [6.45, 7) is 4.51. The number of hydrogen-bond donors (Lipinski definition) is 1. The molecule has 0 heterocycles. The van der Waals surface area contributed by atoms with Gasteiger partial charge in [-0.3, -0.25) is 0 Å². The Morgan fingerprint density at radius 1 is 1.24 bits per heavy atom. The fourth-order valence-electron chi connectivity index (χ4n) is 2.84. The van der Waals surface area contributed by atoms with Crippen LogP contribution in [0, 0.1) is 5.92 Å². The van der Waals surface area contributed by atoms with Gasteiger partial charge in [-0.1, -0.05) is 44.4 Å². The molecule has 0 aromatic heterocycles. The van der Waals surface area contributed by atoms with E-state index in [1.807, 2.05) is 6.07 Å². The Labute approximate surface area is 129 Å². The first-order chi connectivity index (χ1) is 10.3. The molecule has 1 aromatic carbocycles. The van der Waals surface area contributed by atoms with Gasteiger partial charge in [0.15, 0.2) is 0 Å². The lowest BCUT2D eigenvalue weighted by atomic mass is 9.79. The van der Waals surface area contributed by atoms with Gasteiger partial charge in [-0.15, -0.1) is 0 Å². The maximum atomic E-state index is 5.91. The van der Waals surface area contributed by atoms with Crippen molar-refractivity contribution in [2.75, 3.05) is 26.9 Å². The molecule has 1 saturated carbocycles. The van der Waals surface area contributed by atoms with Crippen molar-refractivity contribution in [2.24, 2.45) is 5.92 Å². The van der Waals surface area contributed by atoms with Gasteiger partial charge in [-0.2, -0.15) is 0 Å². The summed E-state index contributed by atoms with van der Waals surface area (Å²) >= 11 is 0. The van der Waals surface area contributed by atoms with Crippen LogP contribution in [-0.4, -0.2) is 26.9 Å². The van der Waals surface area contributed by atoms with E-state index in [-0.39, 0.29) is 0 Å². The van der Waals surface area contributed by atoms with Crippen LogP contribution in [0.25, 0.3) is 0 Å². The van der Waals surface area contributed by atoms with Crippen LogP contribution >= 0.6 is 0 Å². The van der Waals surface area contributed by atoms with Crippen LogP contribution in [0.4, 0.5) is 0 Å². The molecule has 0 saturated heterocycles. The van der Waals surface area contributed by atoms with Crippen LogP contribution < -0.4 is 10.1 Å². The van der Waals surface area contributed by atoms with E-state index in [1.54, 1.807) is 7.11 Å². The Morgan fingerprint density at radius 3 is 2.71 bits per heavy atom. The summed E-state index contributed by atoms with van der Waals surface area (Å²) in [4.78, 5) is 0. The van der Waals surface area contributed by atoms with Crippen LogP contribution in [0.2, 0.25) is 0 Å². The predicted octanol–water partition coefficient (Wildman–Crippen LogP) is 3.94. The van der Waals surface area contributed by atoms with Gasteiger partial charge in [0.05, 0.1) is 6.61 Å². The molecular formula is C18H29NO2. The molecule has 0 aliphatic heterocycles. The summed E-state index contributed by atoms with van der Waals surface area (Å²) in [6, 6.07) is 8.85. The lowest BCUT2D eigenvalue weighted by Crippen LogP contribution is -2.27. The first-order valence-electron chi connectivity index (χ1n) is 8.29. The minimum Gasteiger partial charge on any atom is -0.491 e. The number of hydrogen-bond acceptors (Lipinski definition) is 3. The largest absolute Gasteiger partial charge is 0.491 e. The fourth-order valence-corrected chi connectivity index (χ4v) is 2.84. The van der Waals surface area contributed by atoms with Crippen molar-refractivity contribution < 1.29 is 9.47 Å². The maximum Gasteiger partial charge on any atom is 0.124 e. The van der Waals surface area contributed by atoms with E-state index in [0.29, 0.717) is 19.3 Å². The van der Waals surface area contributed by atoms with Crippen LogP contribution in [0.5, 0.6) is 5.75 Å². The van der Waals surface area contributed by atoms with Crippen molar-refractivity contribution in [1.82, 2.24) is 5.32 Å². The van der Waals surface area contributed by atoms with Crippen molar-refractivity contribution in [3.63, 3.8) is 0 Å². The molecule has 1 fully saturated rings. The summed E-state index contributed by atoms with van der Waals surface area (Å²) < 4.78 is 11.0. The Balaban J connectivity index is 2.05. The van der Waals surface area contributed by atoms with Crippen LogP contribution in [-0.2, 0) is 4.74 Å². The van der Waals surface area contributed by atoms with Crippen molar-refractivity contribution in [1.29, 1.82) is 0 Å². The number of para-hydroxylation sites is 1. The van der Waals surface area contributed by atoms with Gasteiger partial charge in [0.2, 0.25) is 0 Å². The van der Waals surface area contributed by atoms with Crippen molar-refractivity contribution in [3.05, 3.63) is 29.8 Å². The molecule has 118 valence electrons. The van der Waals surface area contributed by atoms with Gasteiger partial charge in [0, 0.05) is 18.7 Å². The molecule has 0 spiro atoms. The van der Waals surface area contributed by atoms with E-state index < -0.39 is 0 Å². The van der Waals surface area contributed by atoms with Gasteiger partial charge in [0.25, 0.3) is 0 Å². The molecule has 1 atom stereocenters. The van der Waals surface area contributed by atoms with E-state index in [1.165, 1.54) is 31.2 Å². The highest BCUT2D eigenvalue weighted by atomic mass is 16.5. The fraction of sp³-hybridized carbons (Fsp3) is 0.667. The van der Waals surface area contributed by atoms with Crippen molar-refractivity contribution in [3.8, 4) is 5.75 Å². The quantitative estimate of drug-likeness (QED) is 0.662. The monoisotopic (exact) mass is 291 g/mol. The smallest absolute Gasteiger partial charge is 0.124 e. The van der Waals surface area contributed by atoms with E-state index in [2.05, 4.69) is 30.4 Å². The number of nitrogens with one attached hydrogen (secondary N) is 1. The average molecular weight is 291 g/mol. The molecule has 21 heavy (non-hydrogen) atoms. The van der Waals surface area contributed by atoms with Crippen molar-refractivity contribution >= 4 is 0 Å². The molecule has 0 amide bonds. The zero-order valence-corrected chi connectivity index (χ0v) is 13.4. The number of benzene rings is 1. The number of rotatable bonds is 10. The van der Waals surface area contributed by atoms with Gasteiger partial charge < -0.3 is 14.8 Å². The first-order valence-corrected chi connectivity index (χ1v) is 8.29. The van der Waals surface area contributed by atoms with E-state index in [4.69, 9.17) is 9.47 Å². The Hall–Kier alpha value is -1.06. The van der Waals surface area contributed by atoms with E-state index >= 15 is 0 Å². The van der Waals surface area contributed by atoms with Gasteiger partial charge in [-0.25, -0.2) is 0 Å². The third-order valence-electron chi connectivity index (χ3n) is 4.27. The molecule has 0 bridgehead atoms. The number of ether oxygens (including phenoxy) is 2. The molecule has 3 nitrogen and oxygen atoms in total. The third kappa shape index (κ3) is 5.01. The van der Waals surface area contributed by atoms with Crippen LogP contribution in [0.1, 0.15) is 50.6 Å². The molecule has 3 heteroatoms. The highest BCUT2D eigenvalue weighted by Crippen LogP contribution is 2.37. The summed E-state index contributed by atoms with van der Waals surface area (Å²) in [6.07, 6.45) is 6.56. The third-order valence-corrected chi connectivity index (χ3v) is 4.27. The molecular weight excluding hydrogens is 262 g/mol. The second-order valence-corrected chi connectivity index (χ2v) is 5.92. The van der Waals surface area contributed by atoms with Gasteiger partial charge in [-0.05, 0) is 31.4 Å². The first kappa shape index (κ1) is 16.3. The SMILES string of the molecule is CCCNC(CC1CCC1)c1ccccc1OCCOC. The minimum atomic E-state index is 0.411. The summed E-state index contributed by atoms with van der Waals surface area (Å²) in [7, 11) is 1.71. The van der Waals surface area contributed by atoms with Gasteiger partial charge in [0.1, 0.15) is 12.4 Å². The average Bonchev–Trinajstić information content (AvgIpc) is 2.47. The summed E-state index contributed by atoms with van der Waals surface area (Å²) in [5, 5.41) is 3.70. The summed E-state index contributed by atoms with van der Waals surface area (Å²) in [5.74, 6) is 1.88. The lowest BCUT2D eigenvalue weighted by molar-refractivity contribution is 0.145. The zero-order chi connectivity index (χ0) is 14.9. The predicted molar refractivity (Wildman–Crippen MR) is 86.8 cm³/mol. The number of methoxy groups -OCH3 is 1. The normalized spacial score (nSPS) is 16.5. The second kappa shape index (κ2) is 9.06. The molecule has 1 N–H and O–H groups in total. The van der Waals surface area contributed by atoms with Crippen molar-refractivity contribution in [2.45, 2.75) is 45.1 Å². The van der Waals surface area contributed by atoms with E-state index in [9.17, 15) is 0 Å². The van der Waals surface area contributed by atoms with Gasteiger partial charge >= 0.3 is 0 Å². The minimum absolute atomic E-state index is 0.411. The standard InChI is InChI=1S/C18H29NO2/c1-3-11-19-17(14-15-7-6-8-15)16-9-4-5-10-18(16)21-13-12-20-2/h4-5,9-10,15,17,19H,3,6-8,11-14H2,1-2H3. The Bertz CT molecular complexity index is 404. The zero-order valence-electron chi connectivity index (χ0n) is 13.4.